The van der Waals surface area contributed by atoms with E-state index in [0.29, 0.717) is 19.3 Å². The van der Waals surface area contributed by atoms with Crippen molar-refractivity contribution in [2.75, 3.05) is 13.2 Å². The van der Waals surface area contributed by atoms with Crippen LogP contribution in [0.15, 0.2) is 12.2 Å². The molecule has 0 fully saturated rings. The van der Waals surface area contributed by atoms with Crippen molar-refractivity contribution in [1.82, 2.24) is 0 Å². The first-order valence-corrected chi connectivity index (χ1v) is 24.2. The van der Waals surface area contributed by atoms with Crippen molar-refractivity contribution in [3.8, 4) is 0 Å². The Morgan fingerprint density at radius 1 is 0.345 bits per heavy atom. The summed E-state index contributed by atoms with van der Waals surface area (Å²) in [5.74, 6) is -0.867. The molecule has 6 heteroatoms. The van der Waals surface area contributed by atoms with Crippen LogP contribution in [0.4, 0.5) is 0 Å². The van der Waals surface area contributed by atoms with Crippen molar-refractivity contribution in [3.05, 3.63) is 12.2 Å². The predicted molar refractivity (Wildman–Crippen MR) is 233 cm³/mol. The maximum atomic E-state index is 12.7. The van der Waals surface area contributed by atoms with Gasteiger partial charge < -0.3 is 14.2 Å². The van der Waals surface area contributed by atoms with Crippen molar-refractivity contribution >= 4 is 17.9 Å². The summed E-state index contributed by atoms with van der Waals surface area (Å²) in [5, 5.41) is 0. The molecular weight excluding hydrogens is 685 g/mol. The average Bonchev–Trinajstić information content (AvgIpc) is 3.18. The zero-order valence-electron chi connectivity index (χ0n) is 37.0. The van der Waals surface area contributed by atoms with E-state index in [4.69, 9.17) is 14.2 Å². The van der Waals surface area contributed by atoms with Crippen LogP contribution >= 0.6 is 0 Å². The number of esters is 3. The highest BCUT2D eigenvalue weighted by Crippen LogP contribution is 2.15. The summed E-state index contributed by atoms with van der Waals surface area (Å²) in [5.41, 5.74) is 0. The van der Waals surface area contributed by atoms with Crippen LogP contribution in [-0.4, -0.2) is 37.2 Å². The van der Waals surface area contributed by atoms with Crippen LogP contribution in [0.3, 0.4) is 0 Å². The van der Waals surface area contributed by atoms with Crippen LogP contribution in [0.5, 0.6) is 0 Å². The first-order valence-electron chi connectivity index (χ1n) is 24.2. The molecule has 1 atom stereocenters. The Balaban J connectivity index is 4.32. The van der Waals surface area contributed by atoms with Crippen LogP contribution in [0.2, 0.25) is 0 Å². The first-order chi connectivity index (χ1) is 27.0. The quantitative estimate of drug-likeness (QED) is 0.0265. The smallest absolute Gasteiger partial charge is 0.306 e. The number of unbranched alkanes of at least 4 members (excludes halogenated alkanes) is 31. The molecule has 0 aromatic carbocycles. The molecule has 0 unspecified atom stereocenters. The van der Waals surface area contributed by atoms with Crippen LogP contribution < -0.4 is 0 Å². The molecule has 0 amide bonds. The summed E-state index contributed by atoms with van der Waals surface area (Å²) < 4.78 is 16.7. The molecule has 0 aromatic heterocycles. The molecular formula is C49H92O6. The fourth-order valence-corrected chi connectivity index (χ4v) is 7.08. The number of carbonyl (C=O) groups excluding carboxylic acids is 3. The van der Waals surface area contributed by atoms with Gasteiger partial charge in [-0.15, -0.1) is 0 Å². The molecule has 55 heavy (non-hydrogen) atoms. The summed E-state index contributed by atoms with van der Waals surface area (Å²) in [7, 11) is 0. The lowest BCUT2D eigenvalue weighted by Gasteiger charge is -2.18. The van der Waals surface area contributed by atoms with Gasteiger partial charge in [-0.2, -0.15) is 0 Å². The van der Waals surface area contributed by atoms with E-state index in [9.17, 15) is 14.4 Å². The SMILES string of the molecule is CCCCCCCC/C=C\CCCCCCCC(=O)OC[C@H](COC(=O)CCCCCCCCCCCCC)OC(=O)CCCCCCCCCCCCC. The van der Waals surface area contributed by atoms with E-state index in [1.165, 1.54) is 161 Å². The molecule has 0 bridgehead atoms. The van der Waals surface area contributed by atoms with Gasteiger partial charge in [-0.1, -0.05) is 213 Å². The summed E-state index contributed by atoms with van der Waals surface area (Å²) >= 11 is 0. The van der Waals surface area contributed by atoms with Crippen molar-refractivity contribution < 1.29 is 28.6 Å². The molecule has 0 spiro atoms. The van der Waals surface area contributed by atoms with E-state index in [0.717, 1.165) is 64.2 Å². The Hall–Kier alpha value is -1.85. The highest BCUT2D eigenvalue weighted by atomic mass is 16.6. The third kappa shape index (κ3) is 43.1. The number of carbonyl (C=O) groups is 3. The number of ether oxygens (including phenoxy) is 3. The minimum absolute atomic E-state index is 0.0679. The zero-order chi connectivity index (χ0) is 40.1. The molecule has 0 radical (unpaired) electrons. The second-order valence-electron chi connectivity index (χ2n) is 16.4. The lowest BCUT2D eigenvalue weighted by atomic mass is 10.1. The third-order valence-corrected chi connectivity index (χ3v) is 10.8. The summed E-state index contributed by atoms with van der Waals surface area (Å²) in [6, 6.07) is 0. The standard InChI is InChI=1S/C49H92O6/c1-4-7-10-13-16-19-22-23-24-25-28-30-33-36-39-42-48(51)54-45-46(55-49(52)43-40-37-34-31-27-21-18-15-12-9-6-3)44-53-47(50)41-38-35-32-29-26-20-17-14-11-8-5-2/h23-24,46H,4-22,25-45H2,1-3H3/b24-23-/t46-/m0/s1. The average molecular weight is 777 g/mol. The lowest BCUT2D eigenvalue weighted by molar-refractivity contribution is -0.167. The maximum absolute atomic E-state index is 12.7. The summed E-state index contributed by atoms with van der Waals surface area (Å²) in [6.07, 6.45) is 47.6. The molecule has 324 valence electrons. The van der Waals surface area contributed by atoms with Gasteiger partial charge in [0.1, 0.15) is 13.2 Å². The topological polar surface area (TPSA) is 78.9 Å². The highest BCUT2D eigenvalue weighted by Gasteiger charge is 2.19. The Morgan fingerprint density at radius 2 is 0.600 bits per heavy atom. The second kappa shape index (κ2) is 44.9. The van der Waals surface area contributed by atoms with Gasteiger partial charge in [-0.25, -0.2) is 0 Å². The van der Waals surface area contributed by atoms with Gasteiger partial charge in [0.2, 0.25) is 0 Å². The fraction of sp³-hybridized carbons (Fsp3) is 0.898. The Bertz CT molecular complexity index is 854. The van der Waals surface area contributed by atoms with Crippen LogP contribution in [0.1, 0.15) is 265 Å². The van der Waals surface area contributed by atoms with Gasteiger partial charge >= 0.3 is 17.9 Å². The van der Waals surface area contributed by atoms with Gasteiger partial charge in [-0.05, 0) is 44.9 Å². The van der Waals surface area contributed by atoms with Gasteiger partial charge in [0.05, 0.1) is 0 Å². The predicted octanol–water partition coefficient (Wildman–Crippen LogP) is 15.4. The molecule has 0 saturated carbocycles. The highest BCUT2D eigenvalue weighted by molar-refractivity contribution is 5.71. The van der Waals surface area contributed by atoms with E-state index in [-0.39, 0.29) is 31.1 Å². The molecule has 0 rings (SSSR count). The zero-order valence-corrected chi connectivity index (χ0v) is 37.0. The molecule has 0 N–H and O–H groups in total. The Labute approximate surface area is 341 Å². The van der Waals surface area contributed by atoms with Gasteiger partial charge in [0.15, 0.2) is 6.10 Å². The van der Waals surface area contributed by atoms with E-state index < -0.39 is 6.10 Å². The number of allylic oxidation sites excluding steroid dienone is 2. The molecule has 0 aliphatic heterocycles. The van der Waals surface area contributed by atoms with Crippen molar-refractivity contribution in [3.63, 3.8) is 0 Å². The van der Waals surface area contributed by atoms with Gasteiger partial charge in [0, 0.05) is 19.3 Å². The van der Waals surface area contributed by atoms with E-state index in [2.05, 4.69) is 32.9 Å². The van der Waals surface area contributed by atoms with Crippen LogP contribution in [0.25, 0.3) is 0 Å². The van der Waals surface area contributed by atoms with E-state index >= 15 is 0 Å². The van der Waals surface area contributed by atoms with Gasteiger partial charge in [-0.3, -0.25) is 14.4 Å². The maximum Gasteiger partial charge on any atom is 0.306 e. The number of rotatable bonds is 44. The van der Waals surface area contributed by atoms with E-state index in [1.807, 2.05) is 0 Å². The van der Waals surface area contributed by atoms with Crippen LogP contribution in [-0.2, 0) is 28.6 Å². The lowest BCUT2D eigenvalue weighted by Crippen LogP contribution is -2.30. The molecule has 0 heterocycles. The normalized spacial score (nSPS) is 12.0. The molecule has 0 aliphatic rings. The van der Waals surface area contributed by atoms with Gasteiger partial charge in [0.25, 0.3) is 0 Å². The van der Waals surface area contributed by atoms with E-state index in [1.54, 1.807) is 0 Å². The van der Waals surface area contributed by atoms with Crippen LogP contribution in [0, 0.1) is 0 Å². The molecule has 6 nitrogen and oxygen atoms in total. The number of hydrogen-bond donors (Lipinski definition) is 0. The number of hydrogen-bond acceptors (Lipinski definition) is 6. The molecule has 0 aliphatic carbocycles. The Morgan fingerprint density at radius 3 is 0.909 bits per heavy atom. The third-order valence-electron chi connectivity index (χ3n) is 10.8. The molecule has 0 aromatic rings. The fourth-order valence-electron chi connectivity index (χ4n) is 7.08. The summed E-state index contributed by atoms with van der Waals surface area (Å²) in [6.45, 7) is 6.63. The Kier molecular flexibility index (Phi) is 43.4. The van der Waals surface area contributed by atoms with Crippen molar-refractivity contribution in [2.24, 2.45) is 0 Å². The minimum Gasteiger partial charge on any atom is -0.462 e. The molecule has 0 saturated heterocycles. The van der Waals surface area contributed by atoms with Crippen molar-refractivity contribution in [1.29, 1.82) is 0 Å². The largest absolute Gasteiger partial charge is 0.462 e. The first kappa shape index (κ1) is 53.1. The summed E-state index contributed by atoms with van der Waals surface area (Å²) in [4.78, 5) is 37.8. The van der Waals surface area contributed by atoms with Crippen molar-refractivity contribution in [2.45, 2.75) is 271 Å². The second-order valence-corrected chi connectivity index (χ2v) is 16.4. The monoisotopic (exact) mass is 777 g/mol. The minimum atomic E-state index is -0.764.